The Bertz CT molecular complexity index is 649. The number of hydrogen-bond acceptors (Lipinski definition) is 3. The van der Waals surface area contributed by atoms with Crippen LogP contribution >= 0.6 is 11.3 Å². The fraction of sp³-hybridized carbons (Fsp3) is 0.412. The summed E-state index contributed by atoms with van der Waals surface area (Å²) in [5.41, 5.74) is 1.69. The van der Waals surface area contributed by atoms with Gasteiger partial charge in [0.2, 0.25) is 0 Å². The molecule has 2 rings (SSSR count). The van der Waals surface area contributed by atoms with Crippen LogP contribution in [0.2, 0.25) is 0 Å². The van der Waals surface area contributed by atoms with Crippen molar-refractivity contribution in [3.63, 3.8) is 0 Å². The summed E-state index contributed by atoms with van der Waals surface area (Å²) in [4.78, 5) is 19.4. The number of hydrogen-bond donors (Lipinski definition) is 0. The molecule has 0 atom stereocenters. The molecule has 0 radical (unpaired) electrons. The Labute approximate surface area is 134 Å². The lowest BCUT2D eigenvalue weighted by atomic mass is 10.1. The first-order valence-corrected chi connectivity index (χ1v) is 8.14. The normalized spacial score (nSPS) is 11.0. The quantitative estimate of drug-likeness (QED) is 0.832. The molecule has 0 aliphatic rings. The average molecular weight is 320 g/mol. The van der Waals surface area contributed by atoms with Crippen LogP contribution in [0.1, 0.15) is 39.8 Å². The molecule has 5 heteroatoms. The van der Waals surface area contributed by atoms with Gasteiger partial charge in [-0.3, -0.25) is 4.79 Å². The van der Waals surface area contributed by atoms with Crippen LogP contribution in [0.25, 0.3) is 0 Å². The Morgan fingerprint density at radius 3 is 2.55 bits per heavy atom. The van der Waals surface area contributed by atoms with E-state index in [4.69, 9.17) is 0 Å². The molecule has 0 saturated carbocycles. The summed E-state index contributed by atoms with van der Waals surface area (Å²) in [5.74, 6) is 0.217. The minimum absolute atomic E-state index is 0.0330. The van der Waals surface area contributed by atoms with Gasteiger partial charge in [-0.05, 0) is 30.5 Å². The Balaban J connectivity index is 2.10. The van der Waals surface area contributed by atoms with E-state index in [1.54, 1.807) is 24.1 Å². The van der Waals surface area contributed by atoms with Gasteiger partial charge in [0.15, 0.2) is 0 Å². The lowest BCUT2D eigenvalue weighted by Gasteiger charge is -2.16. The second-order valence-corrected chi connectivity index (χ2v) is 6.99. The van der Waals surface area contributed by atoms with E-state index in [0.717, 1.165) is 22.7 Å². The second kappa shape index (κ2) is 7.01. The van der Waals surface area contributed by atoms with E-state index in [1.165, 1.54) is 23.5 Å². The van der Waals surface area contributed by atoms with Crippen LogP contribution in [0.4, 0.5) is 4.39 Å². The fourth-order valence-electron chi connectivity index (χ4n) is 2.20. The molecule has 0 spiro atoms. The molecular weight excluding hydrogens is 299 g/mol. The van der Waals surface area contributed by atoms with Crippen LogP contribution in [-0.2, 0) is 13.0 Å². The number of aryl methyl sites for hydroxylation is 1. The molecule has 1 aromatic heterocycles. The minimum atomic E-state index is -0.269. The Hall–Kier alpha value is -1.75. The largest absolute Gasteiger partial charge is 0.337 e. The number of benzene rings is 1. The molecule has 0 N–H and O–H groups in total. The molecule has 0 unspecified atom stereocenters. The van der Waals surface area contributed by atoms with Gasteiger partial charge in [-0.1, -0.05) is 26.0 Å². The maximum Gasteiger partial charge on any atom is 0.265 e. The molecule has 1 amide bonds. The van der Waals surface area contributed by atoms with Gasteiger partial charge in [0, 0.05) is 20.0 Å². The smallest absolute Gasteiger partial charge is 0.265 e. The molecule has 0 bridgehead atoms. The van der Waals surface area contributed by atoms with Crippen molar-refractivity contribution >= 4 is 17.2 Å². The van der Waals surface area contributed by atoms with Crippen LogP contribution < -0.4 is 0 Å². The average Bonchev–Trinajstić information content (AvgIpc) is 2.80. The molecule has 0 aliphatic heterocycles. The third kappa shape index (κ3) is 4.13. The first-order chi connectivity index (χ1) is 10.4. The van der Waals surface area contributed by atoms with Crippen molar-refractivity contribution in [2.24, 2.45) is 5.92 Å². The maximum absolute atomic E-state index is 12.9. The van der Waals surface area contributed by atoms with Gasteiger partial charge in [-0.15, -0.1) is 11.3 Å². The topological polar surface area (TPSA) is 33.2 Å². The molecule has 3 nitrogen and oxygen atoms in total. The maximum atomic E-state index is 12.9. The Kier molecular flexibility index (Phi) is 5.29. The number of amides is 1. The van der Waals surface area contributed by atoms with Crippen LogP contribution in [0.5, 0.6) is 0 Å². The van der Waals surface area contributed by atoms with Crippen molar-refractivity contribution in [2.75, 3.05) is 7.05 Å². The number of carbonyl (C=O) groups is 1. The summed E-state index contributed by atoms with van der Waals surface area (Å²) < 4.78 is 12.9. The Morgan fingerprint density at radius 2 is 1.95 bits per heavy atom. The number of thiazole rings is 1. The highest BCUT2D eigenvalue weighted by Crippen LogP contribution is 2.22. The fourth-order valence-corrected chi connectivity index (χ4v) is 3.47. The number of halogens is 1. The summed E-state index contributed by atoms with van der Waals surface area (Å²) in [7, 11) is 1.76. The third-order valence-corrected chi connectivity index (χ3v) is 4.47. The number of rotatable bonds is 5. The predicted molar refractivity (Wildman–Crippen MR) is 87.6 cm³/mol. The van der Waals surface area contributed by atoms with E-state index >= 15 is 0 Å². The summed E-state index contributed by atoms with van der Waals surface area (Å²) in [6, 6.07) is 6.21. The van der Waals surface area contributed by atoms with Crippen LogP contribution in [0.15, 0.2) is 24.3 Å². The van der Waals surface area contributed by atoms with Gasteiger partial charge >= 0.3 is 0 Å². The van der Waals surface area contributed by atoms with Crippen molar-refractivity contribution in [1.29, 1.82) is 0 Å². The van der Waals surface area contributed by atoms with E-state index in [2.05, 4.69) is 18.8 Å². The number of carbonyl (C=O) groups excluding carboxylic acids is 1. The third-order valence-electron chi connectivity index (χ3n) is 3.30. The van der Waals surface area contributed by atoms with Gasteiger partial charge in [0.05, 0.1) is 10.7 Å². The monoisotopic (exact) mass is 320 g/mol. The molecule has 2 aromatic rings. The van der Waals surface area contributed by atoms with E-state index in [1.807, 2.05) is 6.92 Å². The zero-order valence-corrected chi connectivity index (χ0v) is 14.2. The van der Waals surface area contributed by atoms with Gasteiger partial charge < -0.3 is 4.90 Å². The molecule has 0 saturated heterocycles. The molecule has 118 valence electrons. The SMILES string of the molecule is Cc1nc(CC(C)C)sc1C(=O)N(C)Cc1ccc(F)cc1. The van der Waals surface area contributed by atoms with Gasteiger partial charge in [0.25, 0.3) is 5.91 Å². The van der Waals surface area contributed by atoms with E-state index in [0.29, 0.717) is 17.3 Å². The van der Waals surface area contributed by atoms with E-state index in [-0.39, 0.29) is 11.7 Å². The zero-order valence-electron chi connectivity index (χ0n) is 13.4. The van der Waals surface area contributed by atoms with Crippen LogP contribution in [0.3, 0.4) is 0 Å². The van der Waals surface area contributed by atoms with Gasteiger partial charge in [-0.25, -0.2) is 9.37 Å². The molecule has 0 aliphatic carbocycles. The predicted octanol–water partition coefficient (Wildman–Crippen LogP) is 4.06. The van der Waals surface area contributed by atoms with Crippen LogP contribution in [-0.4, -0.2) is 22.8 Å². The summed E-state index contributed by atoms with van der Waals surface area (Å²) in [6.07, 6.45) is 0.889. The van der Waals surface area contributed by atoms with Crippen molar-refractivity contribution < 1.29 is 9.18 Å². The van der Waals surface area contributed by atoms with Crippen LogP contribution in [0, 0.1) is 18.7 Å². The van der Waals surface area contributed by atoms with Gasteiger partial charge in [0.1, 0.15) is 10.7 Å². The summed E-state index contributed by atoms with van der Waals surface area (Å²) in [6.45, 7) is 6.60. The minimum Gasteiger partial charge on any atom is -0.337 e. The molecule has 22 heavy (non-hydrogen) atoms. The molecular formula is C17H21FN2OS. The second-order valence-electron chi connectivity index (χ2n) is 5.91. The lowest BCUT2D eigenvalue weighted by Crippen LogP contribution is -2.26. The lowest BCUT2D eigenvalue weighted by molar-refractivity contribution is 0.0789. The standard InChI is InChI=1S/C17H21FN2OS/c1-11(2)9-15-19-12(3)16(22-15)17(21)20(4)10-13-5-7-14(18)8-6-13/h5-8,11H,9-10H2,1-4H3. The van der Waals surface area contributed by atoms with Crippen molar-refractivity contribution in [1.82, 2.24) is 9.88 Å². The van der Waals surface area contributed by atoms with E-state index in [9.17, 15) is 9.18 Å². The molecule has 1 heterocycles. The highest BCUT2D eigenvalue weighted by atomic mass is 32.1. The zero-order chi connectivity index (χ0) is 16.3. The summed E-state index contributed by atoms with van der Waals surface area (Å²) >= 11 is 1.47. The first-order valence-electron chi connectivity index (χ1n) is 7.33. The van der Waals surface area contributed by atoms with Gasteiger partial charge in [-0.2, -0.15) is 0 Å². The molecule has 0 fully saturated rings. The van der Waals surface area contributed by atoms with E-state index < -0.39 is 0 Å². The van der Waals surface area contributed by atoms with Crippen molar-refractivity contribution in [3.8, 4) is 0 Å². The summed E-state index contributed by atoms with van der Waals surface area (Å²) in [5, 5.41) is 1.01. The Morgan fingerprint density at radius 1 is 1.32 bits per heavy atom. The number of nitrogens with zero attached hydrogens (tertiary/aromatic N) is 2. The highest BCUT2D eigenvalue weighted by molar-refractivity contribution is 7.13. The highest BCUT2D eigenvalue weighted by Gasteiger charge is 2.19. The molecule has 1 aromatic carbocycles. The first kappa shape index (κ1) is 16.6. The van der Waals surface area contributed by atoms with Crippen molar-refractivity contribution in [2.45, 2.75) is 33.7 Å². The van der Waals surface area contributed by atoms with Crippen molar-refractivity contribution in [3.05, 3.63) is 51.2 Å². The number of aromatic nitrogens is 1.